The van der Waals surface area contributed by atoms with Gasteiger partial charge >= 0.3 is 0 Å². The van der Waals surface area contributed by atoms with Gasteiger partial charge in [-0.2, -0.15) is 0 Å². The van der Waals surface area contributed by atoms with Gasteiger partial charge in [-0.05, 0) is 62.0 Å². The second kappa shape index (κ2) is 14.6. The zero-order valence-electron chi connectivity index (χ0n) is 34.5. The molecule has 11 aromatic rings. The highest BCUT2D eigenvalue weighted by atomic mass is 32.2. The van der Waals surface area contributed by atoms with Crippen molar-refractivity contribution in [1.29, 1.82) is 0 Å². The average Bonchev–Trinajstić information content (AvgIpc) is 3.67. The van der Waals surface area contributed by atoms with E-state index in [1.807, 2.05) is 72.4 Å². The number of hydrogen-bond donors (Lipinski definition) is 0. The summed E-state index contributed by atoms with van der Waals surface area (Å²) in [6.07, 6.45) is 0. The van der Waals surface area contributed by atoms with Gasteiger partial charge in [-0.3, -0.25) is 0 Å². The average molecular weight is 833 g/mol. The van der Waals surface area contributed by atoms with Crippen molar-refractivity contribution in [2.75, 3.05) is 0 Å². The van der Waals surface area contributed by atoms with E-state index in [1.54, 1.807) is 0 Å². The maximum Gasteiger partial charge on any atom is 0.164 e. The van der Waals surface area contributed by atoms with Crippen LogP contribution in [0.1, 0.15) is 22.3 Å². The largest absolute Gasteiger partial charge is 0.247 e. The Morgan fingerprint density at radius 3 is 1.39 bits per heavy atom. The van der Waals surface area contributed by atoms with E-state index in [4.69, 9.17) is 19.9 Å². The number of para-hydroxylation sites is 1. The van der Waals surface area contributed by atoms with Crippen LogP contribution < -0.4 is 0 Å². The minimum absolute atomic E-state index is 0.467. The fourth-order valence-corrected chi connectivity index (χ4v) is 11.5. The first-order valence-corrected chi connectivity index (χ1v) is 22.4. The minimum Gasteiger partial charge on any atom is -0.247 e. The molecule has 0 fully saturated rings. The van der Waals surface area contributed by atoms with Crippen molar-refractivity contribution in [3.8, 4) is 67.7 Å². The fraction of sp³-hybridized carbons (Fsp3) is 0.0169. The summed E-state index contributed by atoms with van der Waals surface area (Å²) >= 11 is 1.88. The van der Waals surface area contributed by atoms with Gasteiger partial charge in [0.25, 0.3) is 0 Å². The van der Waals surface area contributed by atoms with Crippen LogP contribution >= 0.6 is 11.8 Å². The molecule has 2 aliphatic rings. The summed E-state index contributed by atoms with van der Waals surface area (Å²) in [4.78, 5) is 22.8. The number of pyridine rings is 1. The Labute approximate surface area is 375 Å². The Balaban J connectivity index is 0.940. The number of nitrogens with zero attached hydrogens (tertiary/aromatic N) is 4. The van der Waals surface area contributed by atoms with E-state index in [0.29, 0.717) is 17.5 Å². The van der Waals surface area contributed by atoms with Crippen LogP contribution in [0.5, 0.6) is 0 Å². The van der Waals surface area contributed by atoms with E-state index < -0.39 is 5.41 Å². The summed E-state index contributed by atoms with van der Waals surface area (Å²) in [6, 6.07) is 78.0. The zero-order chi connectivity index (χ0) is 42.2. The summed E-state index contributed by atoms with van der Waals surface area (Å²) in [6.45, 7) is 0. The molecule has 5 heteroatoms. The molecule has 2 aromatic heterocycles. The molecule has 0 N–H and O–H groups in total. The van der Waals surface area contributed by atoms with Gasteiger partial charge in [0.1, 0.15) is 0 Å². The lowest BCUT2D eigenvalue weighted by atomic mass is 9.67. The fourth-order valence-electron chi connectivity index (χ4n) is 10.1. The first kappa shape index (κ1) is 36.6. The molecule has 1 aliphatic carbocycles. The SMILES string of the molecule is c1ccc(-c2nc(-c3ccccc3)nc(-c3ccc(-c4ccc(-c5nc6ccccc6c6ccc7c(c56)Sc5ccccc5C75c6ccccc6-c6ccccc65)cc4)cc3)n2)cc1. The van der Waals surface area contributed by atoms with Crippen LogP contribution in [-0.4, -0.2) is 19.9 Å². The normalized spacial score (nSPS) is 13.1. The smallest absolute Gasteiger partial charge is 0.164 e. The Morgan fingerprint density at radius 1 is 0.312 bits per heavy atom. The molecule has 13 rings (SSSR count). The van der Waals surface area contributed by atoms with Crippen molar-refractivity contribution in [3.63, 3.8) is 0 Å². The van der Waals surface area contributed by atoms with Crippen LogP contribution in [0, 0.1) is 0 Å². The molecule has 0 radical (unpaired) electrons. The second-order valence-corrected chi connectivity index (χ2v) is 17.5. The third-order valence-electron chi connectivity index (χ3n) is 13.0. The van der Waals surface area contributed by atoms with Gasteiger partial charge in [0, 0.05) is 42.8 Å². The Bertz CT molecular complexity index is 3520. The quantitative estimate of drug-likeness (QED) is 0.162. The van der Waals surface area contributed by atoms with E-state index in [2.05, 4.69) is 158 Å². The summed E-state index contributed by atoms with van der Waals surface area (Å²) in [5, 5.41) is 3.56. The summed E-state index contributed by atoms with van der Waals surface area (Å²) in [5.74, 6) is 1.94. The Kier molecular flexibility index (Phi) is 8.33. The van der Waals surface area contributed by atoms with E-state index in [9.17, 15) is 0 Å². The topological polar surface area (TPSA) is 51.6 Å². The lowest BCUT2D eigenvalue weighted by Gasteiger charge is -2.40. The highest BCUT2D eigenvalue weighted by Crippen LogP contribution is 2.63. The van der Waals surface area contributed by atoms with Crippen LogP contribution in [0.15, 0.2) is 228 Å². The van der Waals surface area contributed by atoms with Crippen LogP contribution in [0.3, 0.4) is 0 Å². The zero-order valence-corrected chi connectivity index (χ0v) is 35.3. The van der Waals surface area contributed by atoms with Crippen molar-refractivity contribution in [2.45, 2.75) is 15.2 Å². The van der Waals surface area contributed by atoms with E-state index >= 15 is 0 Å². The molecule has 4 nitrogen and oxygen atoms in total. The molecule has 9 aromatic carbocycles. The Morgan fingerprint density at radius 2 is 0.781 bits per heavy atom. The monoisotopic (exact) mass is 832 g/mol. The van der Waals surface area contributed by atoms with Crippen molar-refractivity contribution >= 4 is 33.4 Å². The highest BCUT2D eigenvalue weighted by Gasteiger charge is 2.50. The van der Waals surface area contributed by atoms with Gasteiger partial charge in [0.15, 0.2) is 17.5 Å². The molecular weight excluding hydrogens is 797 g/mol. The molecule has 0 bridgehead atoms. The van der Waals surface area contributed by atoms with Gasteiger partial charge in [0.2, 0.25) is 0 Å². The van der Waals surface area contributed by atoms with Crippen molar-refractivity contribution in [3.05, 3.63) is 241 Å². The second-order valence-electron chi connectivity index (χ2n) is 16.5. The minimum atomic E-state index is -0.467. The van der Waals surface area contributed by atoms with Crippen LogP contribution in [0.25, 0.3) is 89.4 Å². The number of benzene rings is 9. The first-order valence-electron chi connectivity index (χ1n) is 21.6. The van der Waals surface area contributed by atoms with Gasteiger partial charge in [-0.15, -0.1) is 0 Å². The van der Waals surface area contributed by atoms with E-state index in [-0.39, 0.29) is 0 Å². The predicted molar refractivity (Wildman–Crippen MR) is 261 cm³/mol. The third-order valence-corrected chi connectivity index (χ3v) is 14.2. The first-order chi connectivity index (χ1) is 31.7. The number of aromatic nitrogens is 4. The highest BCUT2D eigenvalue weighted by molar-refractivity contribution is 7.99. The molecule has 1 spiro atoms. The van der Waals surface area contributed by atoms with Crippen LogP contribution in [0.2, 0.25) is 0 Å². The van der Waals surface area contributed by atoms with Gasteiger partial charge < -0.3 is 0 Å². The molecule has 3 heterocycles. The molecule has 1 aliphatic heterocycles. The summed E-state index contributed by atoms with van der Waals surface area (Å²) in [7, 11) is 0. The number of hydrogen-bond acceptors (Lipinski definition) is 5. The van der Waals surface area contributed by atoms with Gasteiger partial charge in [0.05, 0.1) is 16.6 Å². The number of fused-ring (bicyclic) bond motifs is 13. The van der Waals surface area contributed by atoms with E-state index in [1.165, 1.54) is 53.9 Å². The van der Waals surface area contributed by atoms with Crippen LogP contribution in [-0.2, 0) is 5.41 Å². The lowest BCUT2D eigenvalue weighted by Crippen LogP contribution is -2.32. The van der Waals surface area contributed by atoms with Gasteiger partial charge in [-0.1, -0.05) is 218 Å². The van der Waals surface area contributed by atoms with Crippen molar-refractivity contribution in [1.82, 2.24) is 19.9 Å². The number of rotatable bonds is 5. The van der Waals surface area contributed by atoms with Crippen molar-refractivity contribution < 1.29 is 0 Å². The summed E-state index contributed by atoms with van der Waals surface area (Å²) in [5.41, 5.74) is 15.6. The Hall–Kier alpha value is -7.99. The molecule has 0 unspecified atom stereocenters. The van der Waals surface area contributed by atoms with Crippen molar-refractivity contribution in [2.24, 2.45) is 0 Å². The molecule has 0 saturated heterocycles. The summed E-state index contributed by atoms with van der Waals surface area (Å²) < 4.78 is 0. The maximum atomic E-state index is 5.51. The standard InChI is InChI=1S/C59H36N4S/c1-3-15-40(16-4-1)56-61-57(41-17-5-2-6-18-41)63-58(62-56)42-33-29-38(30-34-42)37-27-31-39(32-28-37)54-53-46(45-21-9-13-25-51(45)60-54)35-36-50-55(53)64-52-26-14-12-24-49(52)59(50)47-22-10-7-19-43(47)44-20-8-11-23-48(44)59/h1-36H. The molecule has 64 heavy (non-hydrogen) atoms. The molecule has 0 amide bonds. The third kappa shape index (κ3) is 5.57. The lowest BCUT2D eigenvalue weighted by molar-refractivity contribution is 0.726. The molecule has 298 valence electrons. The van der Waals surface area contributed by atoms with E-state index in [0.717, 1.165) is 50.0 Å². The van der Waals surface area contributed by atoms with Gasteiger partial charge in [-0.25, -0.2) is 19.9 Å². The van der Waals surface area contributed by atoms with Crippen LogP contribution in [0.4, 0.5) is 0 Å². The molecular formula is C59H36N4S. The molecule has 0 saturated carbocycles. The maximum absolute atomic E-state index is 5.51. The molecule has 0 atom stereocenters. The predicted octanol–water partition coefficient (Wildman–Crippen LogP) is 14.7.